The molecule has 0 fully saturated rings. The molecule has 0 aromatic heterocycles. The van der Waals surface area contributed by atoms with Gasteiger partial charge in [-0.1, -0.05) is 6.92 Å². The van der Waals surface area contributed by atoms with Crippen LogP contribution in [0.2, 0.25) is 0 Å². The van der Waals surface area contributed by atoms with Gasteiger partial charge in [-0.2, -0.15) is 0 Å². The predicted octanol–water partition coefficient (Wildman–Crippen LogP) is 3.92. The lowest BCUT2D eigenvalue weighted by Crippen LogP contribution is -2.12. The number of rotatable bonds is 9. The summed E-state index contributed by atoms with van der Waals surface area (Å²) in [5, 5.41) is 6.15. The van der Waals surface area contributed by atoms with Crippen LogP contribution in [0.25, 0.3) is 0 Å². The molecule has 5 heteroatoms. The molecule has 0 saturated heterocycles. The lowest BCUT2D eigenvalue weighted by Gasteiger charge is -2.10. The summed E-state index contributed by atoms with van der Waals surface area (Å²) in [6.45, 7) is 3.23. The first-order valence-electron chi connectivity index (χ1n) is 8.12. The van der Waals surface area contributed by atoms with Gasteiger partial charge in [0.25, 0.3) is 0 Å². The first-order chi connectivity index (χ1) is 11.7. The topological polar surface area (TPSA) is 59.6 Å². The molecule has 2 rings (SSSR count). The fourth-order valence-electron chi connectivity index (χ4n) is 2.16. The van der Waals surface area contributed by atoms with Crippen molar-refractivity contribution < 1.29 is 14.3 Å². The van der Waals surface area contributed by atoms with E-state index in [2.05, 4.69) is 10.6 Å². The Morgan fingerprint density at radius 2 is 1.58 bits per heavy atom. The monoisotopic (exact) mass is 328 g/mol. The van der Waals surface area contributed by atoms with Crippen molar-refractivity contribution in [2.45, 2.75) is 19.8 Å². The third-order valence-electron chi connectivity index (χ3n) is 3.41. The predicted molar refractivity (Wildman–Crippen MR) is 97.0 cm³/mol. The standard InChI is InChI=1S/C19H24N2O3/c1-3-4-19(22)21-16-7-5-15(6-8-16)20-13-14-24-18-11-9-17(23-2)10-12-18/h5-12,20H,3-4,13-14H2,1-2H3,(H,21,22). The number of carbonyl (C=O) groups excluding carboxylic acids is 1. The molecular weight excluding hydrogens is 304 g/mol. The number of benzene rings is 2. The smallest absolute Gasteiger partial charge is 0.224 e. The number of nitrogens with one attached hydrogen (secondary N) is 2. The highest BCUT2D eigenvalue weighted by atomic mass is 16.5. The molecule has 0 unspecified atom stereocenters. The average Bonchev–Trinajstić information content (AvgIpc) is 2.61. The number of methoxy groups -OCH3 is 1. The van der Waals surface area contributed by atoms with E-state index in [1.807, 2.05) is 55.5 Å². The summed E-state index contributed by atoms with van der Waals surface area (Å²) >= 11 is 0. The van der Waals surface area contributed by atoms with Gasteiger partial charge >= 0.3 is 0 Å². The Morgan fingerprint density at radius 1 is 0.958 bits per heavy atom. The van der Waals surface area contributed by atoms with Gasteiger partial charge in [-0.15, -0.1) is 0 Å². The molecule has 0 aliphatic carbocycles. The molecule has 0 heterocycles. The van der Waals surface area contributed by atoms with Crippen LogP contribution >= 0.6 is 0 Å². The third-order valence-corrected chi connectivity index (χ3v) is 3.41. The Labute approximate surface area is 143 Å². The summed E-state index contributed by atoms with van der Waals surface area (Å²) in [7, 11) is 1.64. The van der Waals surface area contributed by atoms with Crippen LogP contribution < -0.4 is 20.1 Å². The number of hydrogen-bond acceptors (Lipinski definition) is 4. The molecule has 0 bridgehead atoms. The maximum Gasteiger partial charge on any atom is 0.224 e. The average molecular weight is 328 g/mol. The first kappa shape index (κ1) is 17.7. The minimum Gasteiger partial charge on any atom is -0.497 e. The van der Waals surface area contributed by atoms with Gasteiger partial charge in [-0.25, -0.2) is 0 Å². The molecule has 24 heavy (non-hydrogen) atoms. The maximum absolute atomic E-state index is 11.5. The summed E-state index contributed by atoms with van der Waals surface area (Å²) in [5.41, 5.74) is 1.80. The van der Waals surface area contributed by atoms with E-state index in [4.69, 9.17) is 9.47 Å². The largest absolute Gasteiger partial charge is 0.497 e. The normalized spacial score (nSPS) is 10.1. The fourth-order valence-corrected chi connectivity index (χ4v) is 2.16. The van der Waals surface area contributed by atoms with Crippen molar-refractivity contribution in [3.05, 3.63) is 48.5 Å². The Balaban J connectivity index is 1.71. The van der Waals surface area contributed by atoms with Crippen LogP contribution in [0, 0.1) is 0 Å². The first-order valence-corrected chi connectivity index (χ1v) is 8.12. The second-order valence-electron chi connectivity index (χ2n) is 5.33. The highest BCUT2D eigenvalue weighted by Crippen LogP contribution is 2.17. The lowest BCUT2D eigenvalue weighted by atomic mass is 10.2. The summed E-state index contributed by atoms with van der Waals surface area (Å²) in [6, 6.07) is 15.2. The van der Waals surface area contributed by atoms with E-state index in [1.165, 1.54) is 0 Å². The molecule has 5 nitrogen and oxygen atoms in total. The molecule has 2 N–H and O–H groups in total. The summed E-state index contributed by atoms with van der Waals surface area (Å²) in [5.74, 6) is 1.67. The van der Waals surface area contributed by atoms with Crippen LogP contribution in [0.5, 0.6) is 11.5 Å². The number of carbonyl (C=O) groups is 1. The molecule has 0 spiro atoms. The van der Waals surface area contributed by atoms with E-state index in [0.29, 0.717) is 19.6 Å². The van der Waals surface area contributed by atoms with Crippen molar-refractivity contribution in [3.63, 3.8) is 0 Å². The van der Waals surface area contributed by atoms with Gasteiger partial charge in [0, 0.05) is 24.3 Å². The number of amides is 1. The van der Waals surface area contributed by atoms with Gasteiger partial charge in [0.1, 0.15) is 18.1 Å². The Hall–Kier alpha value is -2.69. The van der Waals surface area contributed by atoms with Crippen molar-refractivity contribution in [2.75, 3.05) is 30.9 Å². The zero-order valence-electron chi connectivity index (χ0n) is 14.2. The van der Waals surface area contributed by atoms with Crippen LogP contribution in [0.4, 0.5) is 11.4 Å². The maximum atomic E-state index is 11.5. The minimum atomic E-state index is 0.0473. The third kappa shape index (κ3) is 5.83. The van der Waals surface area contributed by atoms with E-state index in [9.17, 15) is 4.79 Å². The minimum absolute atomic E-state index is 0.0473. The number of hydrogen-bond donors (Lipinski definition) is 2. The molecule has 0 aliphatic heterocycles. The molecule has 2 aromatic carbocycles. The molecule has 128 valence electrons. The van der Waals surface area contributed by atoms with Crippen molar-refractivity contribution >= 4 is 17.3 Å². The van der Waals surface area contributed by atoms with Gasteiger partial charge in [0.2, 0.25) is 5.91 Å². The summed E-state index contributed by atoms with van der Waals surface area (Å²) in [6.07, 6.45) is 1.39. The summed E-state index contributed by atoms with van der Waals surface area (Å²) < 4.78 is 10.8. The van der Waals surface area contributed by atoms with Gasteiger partial charge < -0.3 is 20.1 Å². The van der Waals surface area contributed by atoms with E-state index in [-0.39, 0.29) is 5.91 Å². The molecular formula is C19H24N2O3. The number of anilines is 2. The van der Waals surface area contributed by atoms with Crippen LogP contribution in [0.15, 0.2) is 48.5 Å². The summed E-state index contributed by atoms with van der Waals surface area (Å²) in [4.78, 5) is 11.5. The quantitative estimate of drug-likeness (QED) is 0.685. The highest BCUT2D eigenvalue weighted by molar-refractivity contribution is 5.90. The Morgan fingerprint density at radius 3 is 2.21 bits per heavy atom. The molecule has 1 amide bonds. The van der Waals surface area contributed by atoms with Crippen molar-refractivity contribution in [1.82, 2.24) is 0 Å². The van der Waals surface area contributed by atoms with Gasteiger partial charge in [0.05, 0.1) is 7.11 Å². The van der Waals surface area contributed by atoms with E-state index in [1.54, 1.807) is 7.11 Å². The zero-order chi connectivity index (χ0) is 17.2. The van der Waals surface area contributed by atoms with Gasteiger partial charge in [-0.05, 0) is 55.0 Å². The van der Waals surface area contributed by atoms with Crippen LogP contribution in [0.1, 0.15) is 19.8 Å². The van der Waals surface area contributed by atoms with Gasteiger partial charge in [-0.3, -0.25) is 4.79 Å². The second-order valence-corrected chi connectivity index (χ2v) is 5.33. The number of ether oxygens (including phenoxy) is 2. The van der Waals surface area contributed by atoms with E-state index < -0.39 is 0 Å². The molecule has 0 radical (unpaired) electrons. The van der Waals surface area contributed by atoms with Crippen LogP contribution in [-0.2, 0) is 4.79 Å². The van der Waals surface area contributed by atoms with E-state index >= 15 is 0 Å². The second kappa shape index (κ2) is 9.45. The molecule has 2 aromatic rings. The highest BCUT2D eigenvalue weighted by Gasteiger charge is 2.01. The molecule has 0 aliphatic rings. The van der Waals surface area contributed by atoms with Gasteiger partial charge in [0.15, 0.2) is 0 Å². The van der Waals surface area contributed by atoms with Crippen LogP contribution in [0.3, 0.4) is 0 Å². The molecule has 0 saturated carbocycles. The zero-order valence-corrected chi connectivity index (χ0v) is 14.2. The van der Waals surface area contributed by atoms with Crippen molar-refractivity contribution in [2.24, 2.45) is 0 Å². The molecule has 0 atom stereocenters. The Bertz CT molecular complexity index is 624. The fraction of sp³-hybridized carbons (Fsp3) is 0.316. The van der Waals surface area contributed by atoms with E-state index in [0.717, 1.165) is 29.3 Å². The Kier molecular flexibility index (Phi) is 6.95. The van der Waals surface area contributed by atoms with Crippen LogP contribution in [-0.4, -0.2) is 26.2 Å². The van der Waals surface area contributed by atoms with Crippen molar-refractivity contribution in [1.29, 1.82) is 0 Å². The lowest BCUT2D eigenvalue weighted by molar-refractivity contribution is -0.116. The van der Waals surface area contributed by atoms with Crippen molar-refractivity contribution in [3.8, 4) is 11.5 Å². The SMILES string of the molecule is CCCC(=O)Nc1ccc(NCCOc2ccc(OC)cc2)cc1.